The molecule has 1 amide bonds. The van der Waals surface area contributed by atoms with Crippen molar-refractivity contribution in [3.8, 4) is 11.5 Å². The van der Waals surface area contributed by atoms with Crippen LogP contribution in [0.15, 0.2) is 109 Å². The number of nitro groups is 1. The third-order valence-corrected chi connectivity index (χ3v) is 17.3. The summed E-state index contributed by atoms with van der Waals surface area (Å²) in [5.74, 6) is -1.19. The fourth-order valence-corrected chi connectivity index (χ4v) is 12.7. The maximum atomic E-state index is 16.6. The average molecular weight is 1010 g/mol. The number of nitro benzene ring substituents is 1. The van der Waals surface area contributed by atoms with Crippen molar-refractivity contribution in [2.24, 2.45) is 11.3 Å². The van der Waals surface area contributed by atoms with E-state index in [2.05, 4.69) is 74.2 Å². The number of piperidine rings is 1. The molecule has 1 atom stereocenters. The van der Waals surface area contributed by atoms with Crippen molar-refractivity contribution in [3.05, 3.63) is 142 Å². The number of hydrogen-bond donors (Lipinski definition) is 4. The first-order valence-electron chi connectivity index (χ1n) is 25.5. The summed E-state index contributed by atoms with van der Waals surface area (Å²) in [6.07, 6.45) is 13.5. The van der Waals surface area contributed by atoms with Crippen molar-refractivity contribution >= 4 is 44.0 Å². The van der Waals surface area contributed by atoms with E-state index < -0.39 is 42.9 Å². The molecule has 0 bridgehead atoms. The molecule has 4 fully saturated rings. The lowest BCUT2D eigenvalue weighted by molar-refractivity contribution is -0.384. The highest BCUT2D eigenvalue weighted by molar-refractivity contribution is 7.90. The van der Waals surface area contributed by atoms with Gasteiger partial charge >= 0.3 is 0 Å². The lowest BCUT2D eigenvalue weighted by Gasteiger charge is -2.58. The minimum Gasteiger partial charge on any atom is -0.455 e. The van der Waals surface area contributed by atoms with Crippen LogP contribution in [0.5, 0.6) is 11.5 Å². The maximum absolute atomic E-state index is 16.6. The van der Waals surface area contributed by atoms with Gasteiger partial charge in [0.2, 0.25) is 0 Å². The molecule has 6 aromatic rings. The summed E-state index contributed by atoms with van der Waals surface area (Å²) in [6, 6.07) is 23.0. The normalized spacial score (nSPS) is 21.8. The van der Waals surface area contributed by atoms with Crippen molar-refractivity contribution in [1.82, 2.24) is 29.5 Å². The molecule has 384 valence electrons. The van der Waals surface area contributed by atoms with Crippen LogP contribution in [0.25, 0.3) is 11.0 Å². The van der Waals surface area contributed by atoms with Crippen molar-refractivity contribution in [2.75, 3.05) is 49.5 Å². The topological polar surface area (TPSA) is 199 Å². The zero-order chi connectivity index (χ0) is 51.1. The van der Waals surface area contributed by atoms with Gasteiger partial charge in [-0.1, -0.05) is 44.2 Å². The van der Waals surface area contributed by atoms with Crippen LogP contribution in [0.1, 0.15) is 111 Å². The molecule has 3 aromatic carbocycles. The van der Waals surface area contributed by atoms with E-state index in [1.165, 1.54) is 41.1 Å². The summed E-state index contributed by atoms with van der Waals surface area (Å²) < 4.78 is 52.5. The number of fused-ring (bicyclic) bond motifs is 1. The molecule has 73 heavy (non-hydrogen) atoms. The quantitative estimate of drug-likeness (QED) is 0.0561. The molecule has 18 heteroatoms. The molecule has 4 N–H and O–H groups in total. The third-order valence-electron chi connectivity index (χ3n) is 15.9. The van der Waals surface area contributed by atoms with Crippen molar-refractivity contribution < 1.29 is 32.4 Å². The number of benzene rings is 3. The van der Waals surface area contributed by atoms with E-state index in [0.29, 0.717) is 50.1 Å². The van der Waals surface area contributed by atoms with Crippen LogP contribution < -0.4 is 19.7 Å². The number of H-pyrrole nitrogens is 1. The molecular weight excluding hydrogens is 950 g/mol. The van der Waals surface area contributed by atoms with Gasteiger partial charge in [0.05, 0.1) is 32.9 Å². The number of carbonyl (C=O) groups excluding carboxylic acids is 1. The smallest absolute Gasteiger partial charge is 0.293 e. The monoisotopic (exact) mass is 1010 g/mol. The van der Waals surface area contributed by atoms with Crippen LogP contribution in [0.2, 0.25) is 0 Å². The number of halogens is 1. The molecule has 5 heterocycles. The van der Waals surface area contributed by atoms with Gasteiger partial charge in [0.25, 0.3) is 21.6 Å². The first-order chi connectivity index (χ1) is 35.0. The van der Waals surface area contributed by atoms with Crippen molar-refractivity contribution in [3.63, 3.8) is 0 Å². The van der Waals surface area contributed by atoms with Gasteiger partial charge in [0.15, 0.2) is 0 Å². The maximum Gasteiger partial charge on any atom is 0.293 e. The second-order valence-electron chi connectivity index (χ2n) is 21.4. The van der Waals surface area contributed by atoms with Gasteiger partial charge < -0.3 is 25.0 Å². The van der Waals surface area contributed by atoms with E-state index in [-0.39, 0.29) is 45.8 Å². The molecule has 0 unspecified atom stereocenters. The van der Waals surface area contributed by atoms with Crippen LogP contribution in [-0.4, -0.2) is 100 Å². The van der Waals surface area contributed by atoms with Gasteiger partial charge in [-0.15, -0.1) is 0 Å². The van der Waals surface area contributed by atoms with Gasteiger partial charge in [0.1, 0.15) is 28.7 Å². The van der Waals surface area contributed by atoms with Crippen LogP contribution >= 0.6 is 0 Å². The Labute approximate surface area is 425 Å². The summed E-state index contributed by atoms with van der Waals surface area (Å²) in [4.78, 5) is 44.2. The molecule has 4 aliphatic rings. The van der Waals surface area contributed by atoms with E-state index in [0.717, 1.165) is 82.2 Å². The summed E-state index contributed by atoms with van der Waals surface area (Å²) in [5.41, 5.74) is 3.44. The zero-order valence-electron chi connectivity index (χ0n) is 41.6. The molecule has 0 radical (unpaired) electrons. The number of aliphatic hydroxyl groups is 1. The van der Waals surface area contributed by atoms with E-state index in [9.17, 15) is 28.4 Å². The first kappa shape index (κ1) is 50.1. The second-order valence-corrected chi connectivity index (χ2v) is 23.0. The molecule has 2 saturated heterocycles. The van der Waals surface area contributed by atoms with Crippen LogP contribution in [0, 0.1) is 27.3 Å². The van der Waals surface area contributed by atoms with Crippen LogP contribution in [0.4, 0.5) is 21.5 Å². The third kappa shape index (κ3) is 10.9. The minimum absolute atomic E-state index is 0.0880. The number of aromatic nitrogens is 3. The number of ether oxygens (including phenoxy) is 1. The molecule has 2 aliphatic carbocycles. The van der Waals surface area contributed by atoms with Crippen molar-refractivity contribution in [2.45, 2.75) is 107 Å². The van der Waals surface area contributed by atoms with Crippen LogP contribution in [-0.2, 0) is 16.6 Å². The number of nitrogens with zero attached hydrogens (tertiary/aromatic N) is 6. The number of nitrogens with one attached hydrogen (secondary N) is 3. The van der Waals surface area contributed by atoms with Crippen molar-refractivity contribution in [1.29, 1.82) is 0 Å². The minimum atomic E-state index is -4.72. The number of pyridine rings is 2. The number of aromatic amines is 1. The largest absolute Gasteiger partial charge is 0.455 e. The summed E-state index contributed by atoms with van der Waals surface area (Å²) in [7, 11) is -4.72. The molecule has 2 aliphatic heterocycles. The van der Waals surface area contributed by atoms with Gasteiger partial charge in [0, 0.05) is 94.0 Å². The number of rotatable bonds is 15. The fraction of sp³-hybridized carbons (Fsp3) is 0.436. The van der Waals surface area contributed by atoms with E-state index >= 15 is 4.39 Å². The number of sulfonamides is 1. The number of piperazine rings is 1. The number of amides is 1. The molecule has 2 saturated carbocycles. The average Bonchev–Trinajstić information content (AvgIpc) is 3.84. The molecular formula is C55H64FN9O7S. The highest BCUT2D eigenvalue weighted by atomic mass is 32.2. The molecule has 3 aromatic heterocycles. The highest BCUT2D eigenvalue weighted by Gasteiger charge is 2.50. The van der Waals surface area contributed by atoms with E-state index in [1.54, 1.807) is 25.3 Å². The molecule has 16 nitrogen and oxygen atoms in total. The Bertz CT molecular complexity index is 3090. The van der Waals surface area contributed by atoms with Gasteiger partial charge in [-0.3, -0.25) is 29.7 Å². The first-order valence-corrected chi connectivity index (χ1v) is 27.0. The summed E-state index contributed by atoms with van der Waals surface area (Å²) >= 11 is 0. The zero-order valence-corrected chi connectivity index (χ0v) is 42.4. The van der Waals surface area contributed by atoms with E-state index in [1.807, 2.05) is 28.1 Å². The van der Waals surface area contributed by atoms with E-state index in [4.69, 9.17) is 4.74 Å². The summed E-state index contributed by atoms with van der Waals surface area (Å²) in [6.45, 7) is 11.6. The number of hydrogen-bond acceptors (Lipinski definition) is 13. The van der Waals surface area contributed by atoms with Gasteiger partial charge in [-0.2, -0.15) is 0 Å². The SMILES string of the molecule is CC(C)c1ccccc1[C@@H]1CN(Cc2cccnc2)CCN1C1CC2(CCN(c3cc(Oc4cnc5[nH]ccc5c4)c(C(=O)NS(=O)(=O)c4ccc(NC[C@H]5CC[C@](C)(O)CC5)c([N+](=O)[O-])c4)cc3F)CC2)C1. The molecule has 10 rings (SSSR count). The Morgan fingerprint density at radius 3 is 2.51 bits per heavy atom. The Hall–Kier alpha value is -6.47. The lowest BCUT2D eigenvalue weighted by atomic mass is 9.59. The molecule has 1 spiro atoms. The number of anilines is 2. The summed E-state index contributed by atoms with van der Waals surface area (Å²) in [5, 5.41) is 26.4. The van der Waals surface area contributed by atoms with Gasteiger partial charge in [-0.05, 0) is 129 Å². The Balaban J connectivity index is 0.848. The standard InChI is InChI=1S/C55H64FN9O7S/c1-36(2)43-8-4-5-9-44(43)50-35-62(34-38-7-6-19-57-31-38)23-24-64(50)40-29-55(30-40)17-21-63(22-18-55)48-28-51(72-41-25-39-14-20-58-52(39)60-33-41)45(27-46(48)56)53(66)61-73(70,71)42-10-11-47(49(26-42)65(68)69)59-32-37-12-15-54(3,67)16-13-37/h4-11,14,19-20,25-28,31,33,36-37,40,50,59,67H,12-13,15-18,21-24,29-30,32,34-35H2,1-3H3,(H,58,60)(H,61,66)/t37-,50-,54-/m0/s1. The predicted molar refractivity (Wildman–Crippen MR) is 278 cm³/mol. The lowest BCUT2D eigenvalue weighted by Crippen LogP contribution is -2.60. The number of carbonyl (C=O) groups is 1. The van der Waals surface area contributed by atoms with Crippen LogP contribution in [0.3, 0.4) is 0 Å². The Kier molecular flexibility index (Phi) is 14.0. The predicted octanol–water partition coefficient (Wildman–Crippen LogP) is 9.70. The van der Waals surface area contributed by atoms with Gasteiger partial charge in [-0.25, -0.2) is 22.5 Å². The second kappa shape index (κ2) is 20.4. The fourth-order valence-electron chi connectivity index (χ4n) is 11.7. The highest BCUT2D eigenvalue weighted by Crippen LogP contribution is 2.54. The Morgan fingerprint density at radius 2 is 1.77 bits per heavy atom. The Morgan fingerprint density at radius 1 is 0.986 bits per heavy atom.